The number of anilines is 2. The summed E-state index contributed by atoms with van der Waals surface area (Å²) in [5, 5.41) is 4.14. The molecule has 0 spiro atoms. The number of fused-ring (bicyclic) bond motifs is 1. The van der Waals surface area contributed by atoms with Gasteiger partial charge in [-0.15, -0.1) is 0 Å². The Morgan fingerprint density at radius 3 is 2.71 bits per heavy atom. The minimum absolute atomic E-state index is 0.101. The SMILES string of the molecule is CN(C)Cc1c(Cl)cc(Cl)c(N2CC[C@](N)(C(=O)NC3CC3)C2)c1Cn1cnc2c(N)ncnc21. The maximum Gasteiger partial charge on any atom is 0.242 e. The van der Waals surface area contributed by atoms with Gasteiger partial charge in [0.05, 0.1) is 23.6 Å². The van der Waals surface area contributed by atoms with Crippen LogP contribution in [0.1, 0.15) is 30.4 Å². The molecule has 1 saturated carbocycles. The van der Waals surface area contributed by atoms with E-state index in [1.807, 2.05) is 18.7 Å². The van der Waals surface area contributed by atoms with E-state index in [4.69, 9.17) is 34.7 Å². The zero-order chi connectivity index (χ0) is 24.9. The quantitative estimate of drug-likeness (QED) is 0.433. The number of nitrogen functional groups attached to an aromatic ring is 1. The highest BCUT2D eigenvalue weighted by Gasteiger charge is 2.44. The van der Waals surface area contributed by atoms with E-state index in [9.17, 15) is 4.79 Å². The second kappa shape index (κ2) is 9.09. The van der Waals surface area contributed by atoms with Crippen molar-refractivity contribution in [2.45, 2.75) is 43.9 Å². The Morgan fingerprint density at radius 1 is 1.23 bits per heavy atom. The molecule has 2 fully saturated rings. The molecule has 1 saturated heterocycles. The van der Waals surface area contributed by atoms with Gasteiger partial charge in [-0.3, -0.25) is 4.79 Å². The molecule has 1 amide bonds. The highest BCUT2D eigenvalue weighted by molar-refractivity contribution is 6.37. The third-order valence-electron chi connectivity index (χ3n) is 6.63. The average Bonchev–Trinajstić information content (AvgIpc) is 3.37. The lowest BCUT2D eigenvalue weighted by molar-refractivity contribution is -0.125. The van der Waals surface area contributed by atoms with Crippen molar-refractivity contribution in [3.63, 3.8) is 0 Å². The van der Waals surface area contributed by atoms with Crippen LogP contribution < -0.4 is 21.7 Å². The van der Waals surface area contributed by atoms with Crippen molar-refractivity contribution in [1.29, 1.82) is 0 Å². The van der Waals surface area contributed by atoms with Crippen LogP contribution in [0.4, 0.5) is 11.5 Å². The number of carbonyl (C=O) groups is 1. The highest BCUT2D eigenvalue weighted by Crippen LogP contribution is 2.41. The number of nitrogens with one attached hydrogen (secondary N) is 1. The smallest absolute Gasteiger partial charge is 0.242 e. The molecule has 3 aromatic rings. The van der Waals surface area contributed by atoms with E-state index in [1.54, 1.807) is 12.4 Å². The fourth-order valence-corrected chi connectivity index (χ4v) is 5.33. The fraction of sp³-hybridized carbons (Fsp3) is 0.478. The van der Waals surface area contributed by atoms with Crippen LogP contribution >= 0.6 is 23.2 Å². The van der Waals surface area contributed by atoms with Gasteiger partial charge < -0.3 is 31.2 Å². The first-order chi connectivity index (χ1) is 16.7. The lowest BCUT2D eigenvalue weighted by Gasteiger charge is -2.29. The number of imidazole rings is 1. The first-order valence-electron chi connectivity index (χ1n) is 11.6. The maximum atomic E-state index is 12.9. The number of nitrogens with zero attached hydrogens (tertiary/aromatic N) is 6. The summed E-state index contributed by atoms with van der Waals surface area (Å²) in [5.41, 5.74) is 15.5. The standard InChI is InChI=1S/C23H29Cl2N9O/c1-32(2)8-14-15(9-34-12-30-18-20(26)28-11-29-21(18)34)19(17(25)7-16(14)24)33-6-5-23(27,10-33)22(35)31-13-3-4-13/h7,11-13H,3-6,8-10,27H2,1-2H3,(H,31,35)(H2,26,28,29)/t23-/m1/s1. The summed E-state index contributed by atoms with van der Waals surface area (Å²) in [6, 6.07) is 2.02. The van der Waals surface area contributed by atoms with Gasteiger partial charge in [0.15, 0.2) is 11.5 Å². The van der Waals surface area contributed by atoms with E-state index >= 15 is 0 Å². The second-order valence-electron chi connectivity index (χ2n) is 9.76. The minimum atomic E-state index is -0.978. The van der Waals surface area contributed by atoms with Crippen molar-refractivity contribution in [2.75, 3.05) is 37.8 Å². The summed E-state index contributed by atoms with van der Waals surface area (Å²) >= 11 is 13.5. The molecule has 0 radical (unpaired) electrons. The summed E-state index contributed by atoms with van der Waals surface area (Å²) in [7, 11) is 3.97. The van der Waals surface area contributed by atoms with E-state index < -0.39 is 5.54 Å². The van der Waals surface area contributed by atoms with Gasteiger partial charge in [-0.05, 0) is 45.0 Å². The third kappa shape index (κ3) is 4.63. The van der Waals surface area contributed by atoms with Crippen LogP contribution in [0, 0.1) is 0 Å². The molecule has 10 nitrogen and oxygen atoms in total. The topological polar surface area (TPSA) is 131 Å². The molecule has 12 heteroatoms. The number of halogens is 2. The van der Waals surface area contributed by atoms with Gasteiger partial charge in [0.25, 0.3) is 0 Å². The van der Waals surface area contributed by atoms with Crippen LogP contribution in [0.15, 0.2) is 18.7 Å². The molecule has 1 atom stereocenters. The van der Waals surface area contributed by atoms with Crippen molar-refractivity contribution in [2.24, 2.45) is 5.73 Å². The molecule has 2 aromatic heterocycles. The predicted molar refractivity (Wildman–Crippen MR) is 138 cm³/mol. The van der Waals surface area contributed by atoms with E-state index in [0.717, 1.165) is 29.7 Å². The van der Waals surface area contributed by atoms with Crippen LogP contribution in [0.3, 0.4) is 0 Å². The molecule has 5 N–H and O–H groups in total. The minimum Gasteiger partial charge on any atom is -0.382 e. The molecule has 5 rings (SSSR count). The molecule has 3 heterocycles. The van der Waals surface area contributed by atoms with Gasteiger partial charge in [-0.25, -0.2) is 15.0 Å². The lowest BCUT2D eigenvalue weighted by atomic mass is 9.99. The number of rotatable bonds is 7. The van der Waals surface area contributed by atoms with Gasteiger partial charge in [-0.2, -0.15) is 0 Å². The largest absolute Gasteiger partial charge is 0.382 e. The molecule has 1 aliphatic heterocycles. The number of hydrogen-bond donors (Lipinski definition) is 3. The number of amides is 1. The Morgan fingerprint density at radius 2 is 2.00 bits per heavy atom. The first-order valence-corrected chi connectivity index (χ1v) is 12.3. The molecule has 186 valence electrons. The molecule has 1 aromatic carbocycles. The first kappa shape index (κ1) is 24.1. The van der Waals surface area contributed by atoms with Crippen molar-refractivity contribution < 1.29 is 4.79 Å². The Hall–Kier alpha value is -2.66. The lowest BCUT2D eigenvalue weighted by Crippen LogP contribution is -2.56. The number of benzene rings is 1. The Bertz CT molecular complexity index is 1290. The second-order valence-corrected chi connectivity index (χ2v) is 10.6. The van der Waals surface area contributed by atoms with E-state index in [0.29, 0.717) is 59.6 Å². The molecule has 35 heavy (non-hydrogen) atoms. The highest BCUT2D eigenvalue weighted by atomic mass is 35.5. The van der Waals surface area contributed by atoms with Crippen LogP contribution in [-0.2, 0) is 17.9 Å². The van der Waals surface area contributed by atoms with Gasteiger partial charge in [-0.1, -0.05) is 23.2 Å². The average molecular weight is 518 g/mol. The fourth-order valence-electron chi connectivity index (χ4n) is 4.65. The van der Waals surface area contributed by atoms with Crippen LogP contribution in [0.5, 0.6) is 0 Å². The number of aromatic nitrogens is 4. The van der Waals surface area contributed by atoms with E-state index in [1.165, 1.54) is 6.33 Å². The summed E-state index contributed by atoms with van der Waals surface area (Å²) in [4.78, 5) is 29.9. The van der Waals surface area contributed by atoms with Crippen molar-refractivity contribution in [1.82, 2.24) is 29.7 Å². The summed E-state index contributed by atoms with van der Waals surface area (Å²) < 4.78 is 1.91. The number of hydrogen-bond acceptors (Lipinski definition) is 8. The number of nitrogens with two attached hydrogens (primary N) is 2. The van der Waals surface area contributed by atoms with Crippen LogP contribution in [0.25, 0.3) is 11.2 Å². The molecule has 2 aliphatic rings. The van der Waals surface area contributed by atoms with Crippen molar-refractivity contribution in [3.8, 4) is 0 Å². The zero-order valence-corrected chi connectivity index (χ0v) is 21.3. The van der Waals surface area contributed by atoms with Crippen LogP contribution in [0.2, 0.25) is 10.0 Å². The Balaban J connectivity index is 1.56. The van der Waals surface area contributed by atoms with E-state index in [2.05, 4.69) is 30.1 Å². The summed E-state index contributed by atoms with van der Waals surface area (Å²) in [6.07, 6.45) is 5.67. The monoisotopic (exact) mass is 517 g/mol. The third-order valence-corrected chi connectivity index (χ3v) is 7.26. The van der Waals surface area contributed by atoms with Gasteiger partial charge in [0.2, 0.25) is 5.91 Å². The molecule has 0 unspecified atom stereocenters. The Kier molecular flexibility index (Phi) is 6.25. The van der Waals surface area contributed by atoms with Crippen molar-refractivity contribution in [3.05, 3.63) is 39.9 Å². The van der Waals surface area contributed by atoms with Crippen molar-refractivity contribution >= 4 is 51.8 Å². The van der Waals surface area contributed by atoms with Crippen LogP contribution in [-0.4, -0.2) is 69.1 Å². The Labute approximate surface area is 213 Å². The van der Waals surface area contributed by atoms with Gasteiger partial charge >= 0.3 is 0 Å². The molecular formula is C23H29Cl2N9O. The molecule has 1 aliphatic carbocycles. The summed E-state index contributed by atoms with van der Waals surface area (Å²) in [5.74, 6) is 0.219. The predicted octanol–water partition coefficient (Wildman–Crippen LogP) is 2.01. The van der Waals surface area contributed by atoms with Gasteiger partial charge in [0.1, 0.15) is 17.4 Å². The molecule has 0 bridgehead atoms. The van der Waals surface area contributed by atoms with E-state index in [-0.39, 0.29) is 11.9 Å². The van der Waals surface area contributed by atoms with Gasteiger partial charge in [0, 0.05) is 36.3 Å². The maximum absolute atomic E-state index is 12.9. The normalized spacial score (nSPS) is 20.2. The molecular weight excluding hydrogens is 489 g/mol. The number of carbonyl (C=O) groups excluding carboxylic acids is 1. The zero-order valence-electron chi connectivity index (χ0n) is 19.8. The summed E-state index contributed by atoms with van der Waals surface area (Å²) in [6.45, 7) is 1.98.